The van der Waals surface area contributed by atoms with Gasteiger partial charge in [-0.1, -0.05) is 78.9 Å². The zero-order chi connectivity index (χ0) is 27.3. The van der Waals surface area contributed by atoms with Crippen LogP contribution in [0.2, 0.25) is 0 Å². The highest BCUT2D eigenvalue weighted by Gasteiger charge is 2.18. The van der Waals surface area contributed by atoms with Crippen molar-refractivity contribution < 1.29 is 0 Å². The number of benzene rings is 5. The number of nitriles is 1. The minimum atomic E-state index is 0.587. The van der Waals surface area contributed by atoms with Crippen molar-refractivity contribution in [1.82, 2.24) is 19.5 Å². The van der Waals surface area contributed by atoms with Crippen LogP contribution in [-0.4, -0.2) is 19.5 Å². The molecule has 0 aliphatic rings. The Morgan fingerprint density at radius 1 is 0.561 bits per heavy atom. The summed E-state index contributed by atoms with van der Waals surface area (Å²) in [5, 5.41) is 14.7. The predicted octanol–water partition coefficient (Wildman–Crippen LogP) is 8.48. The fourth-order valence-electron chi connectivity index (χ4n) is 5.70. The van der Waals surface area contributed by atoms with Crippen molar-refractivity contribution in [2.75, 3.05) is 0 Å². The number of rotatable bonds is 3. The molecule has 5 heteroatoms. The first-order chi connectivity index (χ1) is 20.3. The van der Waals surface area contributed by atoms with Gasteiger partial charge in [0.2, 0.25) is 5.95 Å². The average Bonchev–Trinajstić information content (AvgIpc) is 3.36. The molecule has 5 aromatic carbocycles. The monoisotopic (exact) mass is 523 g/mol. The van der Waals surface area contributed by atoms with Crippen molar-refractivity contribution in [3.8, 4) is 34.4 Å². The van der Waals surface area contributed by atoms with E-state index in [0.29, 0.717) is 17.2 Å². The first-order valence-corrected chi connectivity index (χ1v) is 13.4. The van der Waals surface area contributed by atoms with Gasteiger partial charge in [0.05, 0.1) is 28.4 Å². The van der Waals surface area contributed by atoms with Crippen LogP contribution in [-0.2, 0) is 0 Å². The van der Waals surface area contributed by atoms with Crippen LogP contribution in [0.25, 0.3) is 71.9 Å². The minimum Gasteiger partial charge on any atom is -0.278 e. The number of aromatic nitrogens is 4. The zero-order valence-electron chi connectivity index (χ0n) is 21.9. The molecule has 41 heavy (non-hydrogen) atoms. The van der Waals surface area contributed by atoms with E-state index in [2.05, 4.69) is 101 Å². The molecule has 0 amide bonds. The van der Waals surface area contributed by atoms with E-state index in [-0.39, 0.29) is 0 Å². The van der Waals surface area contributed by atoms with Crippen LogP contribution in [0.3, 0.4) is 0 Å². The molecule has 8 aromatic rings. The zero-order valence-corrected chi connectivity index (χ0v) is 21.9. The van der Waals surface area contributed by atoms with Crippen molar-refractivity contribution in [3.05, 3.63) is 133 Å². The number of hydrogen-bond donors (Lipinski definition) is 0. The molecule has 0 aliphatic carbocycles. The number of para-hydroxylation sites is 1. The van der Waals surface area contributed by atoms with E-state index in [0.717, 1.165) is 49.6 Å². The molecule has 0 atom stereocenters. The molecule has 5 nitrogen and oxygen atoms in total. The Bertz CT molecular complexity index is 2310. The molecule has 8 rings (SSSR count). The van der Waals surface area contributed by atoms with Gasteiger partial charge in [-0.05, 0) is 64.4 Å². The largest absolute Gasteiger partial charge is 0.278 e. The number of nitrogens with zero attached hydrogens (tertiary/aromatic N) is 5. The van der Waals surface area contributed by atoms with Crippen LogP contribution in [0.4, 0.5) is 0 Å². The molecular formula is C36H21N5. The average molecular weight is 524 g/mol. The fourth-order valence-corrected chi connectivity index (χ4v) is 5.70. The van der Waals surface area contributed by atoms with Crippen LogP contribution >= 0.6 is 0 Å². The number of pyridine rings is 1. The highest BCUT2D eigenvalue weighted by atomic mass is 15.2. The molecule has 0 unspecified atom stereocenters. The van der Waals surface area contributed by atoms with E-state index in [4.69, 9.17) is 15.2 Å². The van der Waals surface area contributed by atoms with Gasteiger partial charge in [-0.2, -0.15) is 10.2 Å². The van der Waals surface area contributed by atoms with E-state index in [1.165, 1.54) is 10.8 Å². The Hall–Kier alpha value is -5.86. The maximum absolute atomic E-state index is 9.13. The summed E-state index contributed by atoms with van der Waals surface area (Å²) in [6.07, 6.45) is 1.77. The number of hydrogen-bond acceptors (Lipinski definition) is 4. The molecule has 3 heterocycles. The first kappa shape index (κ1) is 23.1. The van der Waals surface area contributed by atoms with Crippen molar-refractivity contribution >= 4 is 43.6 Å². The maximum Gasteiger partial charge on any atom is 0.237 e. The third-order valence-corrected chi connectivity index (χ3v) is 7.71. The second-order valence-electron chi connectivity index (χ2n) is 10.1. The summed E-state index contributed by atoms with van der Waals surface area (Å²) >= 11 is 0. The maximum atomic E-state index is 9.13. The molecule has 0 spiro atoms. The summed E-state index contributed by atoms with van der Waals surface area (Å²) in [6.45, 7) is 0. The van der Waals surface area contributed by atoms with Gasteiger partial charge in [0.25, 0.3) is 0 Å². The molecule has 0 fully saturated rings. The highest BCUT2D eigenvalue weighted by Crippen LogP contribution is 2.35. The molecular weight excluding hydrogens is 502 g/mol. The standard InChI is InChI=1S/C36H21N5/c37-22-23-11-13-24(14-12-23)25-15-17-26(18-16-25)34-30-9-5-19-38-35(30)40-36(39-34)41-32-10-4-3-8-29(32)31-20-27-6-1-2-7-28(27)21-33(31)41/h1-21H. The molecule has 0 N–H and O–H groups in total. The lowest BCUT2D eigenvalue weighted by Gasteiger charge is -2.12. The molecule has 0 radical (unpaired) electrons. The minimum absolute atomic E-state index is 0.587. The van der Waals surface area contributed by atoms with E-state index in [1.54, 1.807) is 6.20 Å². The van der Waals surface area contributed by atoms with Gasteiger partial charge in [0, 0.05) is 27.9 Å². The summed E-state index contributed by atoms with van der Waals surface area (Å²) in [7, 11) is 0. The smallest absolute Gasteiger partial charge is 0.237 e. The fraction of sp³-hybridized carbons (Fsp3) is 0. The normalized spacial score (nSPS) is 11.4. The Morgan fingerprint density at radius 3 is 2.00 bits per heavy atom. The lowest BCUT2D eigenvalue weighted by Crippen LogP contribution is -2.04. The van der Waals surface area contributed by atoms with Crippen LogP contribution in [0.15, 0.2) is 128 Å². The lowest BCUT2D eigenvalue weighted by molar-refractivity contribution is 1.01. The van der Waals surface area contributed by atoms with Crippen molar-refractivity contribution in [2.24, 2.45) is 0 Å². The van der Waals surface area contributed by atoms with Gasteiger partial charge in [0.1, 0.15) is 0 Å². The van der Waals surface area contributed by atoms with Gasteiger partial charge < -0.3 is 0 Å². The Morgan fingerprint density at radius 2 is 1.22 bits per heavy atom. The SMILES string of the molecule is N#Cc1ccc(-c2ccc(-c3nc(-n4c5ccccc5c5cc6ccccc6cc54)nc4ncccc34)cc2)cc1. The topological polar surface area (TPSA) is 67.4 Å². The molecule has 0 saturated heterocycles. The van der Waals surface area contributed by atoms with Gasteiger partial charge in [-0.25, -0.2) is 9.97 Å². The highest BCUT2D eigenvalue weighted by molar-refractivity contribution is 6.13. The van der Waals surface area contributed by atoms with Crippen LogP contribution < -0.4 is 0 Å². The second kappa shape index (κ2) is 9.11. The summed E-state index contributed by atoms with van der Waals surface area (Å²) in [4.78, 5) is 14.8. The lowest BCUT2D eigenvalue weighted by atomic mass is 10.0. The van der Waals surface area contributed by atoms with Gasteiger partial charge in [-0.3, -0.25) is 4.57 Å². The van der Waals surface area contributed by atoms with Crippen LogP contribution in [0, 0.1) is 11.3 Å². The van der Waals surface area contributed by atoms with Gasteiger partial charge >= 0.3 is 0 Å². The van der Waals surface area contributed by atoms with Gasteiger partial charge in [-0.15, -0.1) is 0 Å². The summed E-state index contributed by atoms with van der Waals surface area (Å²) in [5.41, 5.74) is 7.35. The van der Waals surface area contributed by atoms with E-state index in [9.17, 15) is 0 Å². The predicted molar refractivity (Wildman–Crippen MR) is 165 cm³/mol. The summed E-state index contributed by atoms with van der Waals surface area (Å²) < 4.78 is 2.15. The van der Waals surface area contributed by atoms with Crippen molar-refractivity contribution in [3.63, 3.8) is 0 Å². The Labute approximate surface area is 235 Å². The quantitative estimate of drug-likeness (QED) is 0.233. The van der Waals surface area contributed by atoms with Crippen molar-refractivity contribution in [1.29, 1.82) is 5.26 Å². The molecule has 0 saturated carbocycles. The van der Waals surface area contributed by atoms with E-state index >= 15 is 0 Å². The number of fused-ring (bicyclic) bond motifs is 5. The molecule has 190 valence electrons. The second-order valence-corrected chi connectivity index (χ2v) is 10.1. The first-order valence-electron chi connectivity index (χ1n) is 13.4. The summed E-state index contributed by atoms with van der Waals surface area (Å²) in [6, 6.07) is 43.4. The Kier molecular flexibility index (Phi) is 5.13. The molecule has 0 aliphatic heterocycles. The van der Waals surface area contributed by atoms with Crippen LogP contribution in [0.1, 0.15) is 5.56 Å². The molecule has 0 bridgehead atoms. The van der Waals surface area contributed by atoms with Crippen LogP contribution in [0.5, 0.6) is 0 Å². The molecule has 3 aromatic heterocycles. The third-order valence-electron chi connectivity index (χ3n) is 7.71. The third kappa shape index (κ3) is 3.74. The van der Waals surface area contributed by atoms with Gasteiger partial charge in [0.15, 0.2) is 5.65 Å². The van der Waals surface area contributed by atoms with Crippen molar-refractivity contribution in [2.45, 2.75) is 0 Å². The summed E-state index contributed by atoms with van der Waals surface area (Å²) in [5.74, 6) is 0.587. The van der Waals surface area contributed by atoms with E-state index in [1.807, 2.05) is 36.4 Å². The Balaban J connectivity index is 1.35. The van der Waals surface area contributed by atoms with E-state index < -0.39 is 0 Å².